The number of rotatable bonds is 5. The lowest BCUT2D eigenvalue weighted by molar-refractivity contribution is 0.306. The Hall–Kier alpha value is -3.06. The quantitative estimate of drug-likeness (QED) is 0.217. The third-order valence-electron chi connectivity index (χ3n) is 4.81. The molecule has 0 aromatic heterocycles. The average molecular weight is 475 g/mol. The Balaban J connectivity index is 1.80. The molecule has 0 heterocycles. The van der Waals surface area contributed by atoms with Crippen molar-refractivity contribution < 1.29 is 4.74 Å². The standard InChI is InChI=1S/C26H17BrClNO/c27-21-12-9-18(10-13-21)17-30-26-14-11-19-5-1-2-6-22(19)24(26)15-20(16-29)23-7-3-4-8-25(23)28/h1-15H,17H2. The Labute approximate surface area is 189 Å². The summed E-state index contributed by atoms with van der Waals surface area (Å²) >= 11 is 9.80. The summed E-state index contributed by atoms with van der Waals surface area (Å²) in [6.45, 7) is 0.431. The van der Waals surface area contributed by atoms with Crippen LogP contribution in [0.3, 0.4) is 0 Å². The predicted molar refractivity (Wildman–Crippen MR) is 127 cm³/mol. The SMILES string of the molecule is N#CC(=Cc1c(OCc2ccc(Br)cc2)ccc2ccccc12)c1ccccc1Cl. The lowest BCUT2D eigenvalue weighted by Gasteiger charge is -2.13. The summed E-state index contributed by atoms with van der Waals surface area (Å²) in [5, 5.41) is 12.5. The van der Waals surface area contributed by atoms with E-state index in [9.17, 15) is 5.26 Å². The molecular formula is C26H17BrClNO. The molecule has 0 atom stereocenters. The van der Waals surface area contributed by atoms with Gasteiger partial charge in [0.1, 0.15) is 12.4 Å². The van der Waals surface area contributed by atoms with Gasteiger partial charge in [-0.3, -0.25) is 0 Å². The van der Waals surface area contributed by atoms with Crippen LogP contribution in [0.4, 0.5) is 0 Å². The van der Waals surface area contributed by atoms with Gasteiger partial charge in [0, 0.05) is 20.6 Å². The van der Waals surface area contributed by atoms with Crippen molar-refractivity contribution in [2.75, 3.05) is 0 Å². The summed E-state index contributed by atoms with van der Waals surface area (Å²) in [6.07, 6.45) is 1.86. The van der Waals surface area contributed by atoms with Crippen LogP contribution in [0.25, 0.3) is 22.4 Å². The third-order valence-corrected chi connectivity index (χ3v) is 5.67. The molecule has 4 aromatic carbocycles. The maximum Gasteiger partial charge on any atom is 0.127 e. The van der Waals surface area contributed by atoms with Gasteiger partial charge in [-0.1, -0.05) is 88.2 Å². The van der Waals surface area contributed by atoms with Crippen LogP contribution in [0.1, 0.15) is 16.7 Å². The van der Waals surface area contributed by atoms with E-state index in [2.05, 4.69) is 22.0 Å². The van der Waals surface area contributed by atoms with Crippen molar-refractivity contribution in [2.24, 2.45) is 0 Å². The molecule has 0 saturated carbocycles. The second-order valence-corrected chi connectivity index (χ2v) is 8.09. The molecule has 0 amide bonds. The molecule has 0 radical (unpaired) electrons. The molecule has 0 aliphatic rings. The maximum absolute atomic E-state index is 9.84. The first-order valence-corrected chi connectivity index (χ1v) is 10.6. The fourth-order valence-electron chi connectivity index (χ4n) is 3.29. The highest BCUT2D eigenvalue weighted by Crippen LogP contribution is 2.34. The smallest absolute Gasteiger partial charge is 0.127 e. The van der Waals surface area contributed by atoms with E-state index in [0.29, 0.717) is 22.8 Å². The van der Waals surface area contributed by atoms with E-state index in [1.54, 1.807) is 6.07 Å². The third kappa shape index (κ3) is 4.41. The maximum atomic E-state index is 9.84. The van der Waals surface area contributed by atoms with Crippen molar-refractivity contribution in [1.29, 1.82) is 5.26 Å². The Morgan fingerprint density at radius 1 is 0.933 bits per heavy atom. The summed E-state index contributed by atoms with van der Waals surface area (Å²) in [4.78, 5) is 0. The minimum atomic E-state index is 0.431. The Morgan fingerprint density at radius 2 is 1.67 bits per heavy atom. The van der Waals surface area contributed by atoms with E-state index in [-0.39, 0.29) is 0 Å². The minimum Gasteiger partial charge on any atom is -0.488 e. The molecule has 2 nitrogen and oxygen atoms in total. The number of fused-ring (bicyclic) bond motifs is 1. The number of nitriles is 1. The van der Waals surface area contributed by atoms with Gasteiger partial charge in [-0.05, 0) is 46.7 Å². The highest BCUT2D eigenvalue weighted by molar-refractivity contribution is 9.10. The van der Waals surface area contributed by atoms with E-state index in [0.717, 1.165) is 32.1 Å². The molecule has 4 aromatic rings. The summed E-state index contributed by atoms with van der Waals surface area (Å²) in [7, 11) is 0. The van der Waals surface area contributed by atoms with E-state index in [4.69, 9.17) is 16.3 Å². The zero-order chi connectivity index (χ0) is 20.9. The van der Waals surface area contributed by atoms with E-state index in [1.165, 1.54) is 0 Å². The van der Waals surface area contributed by atoms with Gasteiger partial charge in [0.15, 0.2) is 0 Å². The monoisotopic (exact) mass is 473 g/mol. The summed E-state index contributed by atoms with van der Waals surface area (Å²) in [6, 6.07) is 29.7. The van der Waals surface area contributed by atoms with E-state index < -0.39 is 0 Å². The minimum absolute atomic E-state index is 0.431. The van der Waals surface area contributed by atoms with Crippen LogP contribution in [-0.2, 0) is 6.61 Å². The van der Waals surface area contributed by atoms with E-state index >= 15 is 0 Å². The number of hydrogen-bond donors (Lipinski definition) is 0. The van der Waals surface area contributed by atoms with Crippen molar-refractivity contribution in [3.05, 3.63) is 111 Å². The van der Waals surface area contributed by atoms with Crippen LogP contribution in [0.15, 0.2) is 89.4 Å². The summed E-state index contributed by atoms with van der Waals surface area (Å²) < 4.78 is 7.21. The number of allylic oxidation sites excluding steroid dienone is 1. The molecule has 0 aliphatic carbocycles. The lowest BCUT2D eigenvalue weighted by Crippen LogP contribution is -1.98. The number of ether oxygens (including phenoxy) is 1. The van der Waals surface area contributed by atoms with Gasteiger partial charge >= 0.3 is 0 Å². The fourth-order valence-corrected chi connectivity index (χ4v) is 3.79. The number of nitrogens with zero attached hydrogens (tertiary/aromatic N) is 1. The molecule has 4 heteroatoms. The summed E-state index contributed by atoms with van der Waals surface area (Å²) in [5.41, 5.74) is 3.12. The second-order valence-electron chi connectivity index (χ2n) is 6.76. The first-order valence-electron chi connectivity index (χ1n) is 9.41. The van der Waals surface area contributed by atoms with Gasteiger partial charge in [-0.15, -0.1) is 0 Å². The zero-order valence-corrected chi connectivity index (χ0v) is 18.3. The molecule has 0 unspecified atom stereocenters. The van der Waals surface area contributed by atoms with Crippen LogP contribution in [-0.4, -0.2) is 0 Å². The topological polar surface area (TPSA) is 33.0 Å². The molecule has 0 fully saturated rings. The first kappa shape index (κ1) is 20.2. The second kappa shape index (κ2) is 9.17. The largest absolute Gasteiger partial charge is 0.488 e. The Kier molecular flexibility index (Phi) is 6.18. The average Bonchev–Trinajstić information content (AvgIpc) is 2.78. The van der Waals surface area contributed by atoms with Crippen molar-refractivity contribution in [3.8, 4) is 11.8 Å². The van der Waals surface area contributed by atoms with Gasteiger partial charge in [0.25, 0.3) is 0 Å². The molecule has 30 heavy (non-hydrogen) atoms. The van der Waals surface area contributed by atoms with Crippen LogP contribution in [0, 0.1) is 11.3 Å². The molecule has 0 aliphatic heterocycles. The van der Waals surface area contributed by atoms with Crippen molar-refractivity contribution in [2.45, 2.75) is 6.61 Å². The zero-order valence-electron chi connectivity index (χ0n) is 16.0. The number of benzene rings is 4. The molecule has 0 N–H and O–H groups in total. The highest BCUT2D eigenvalue weighted by Gasteiger charge is 2.12. The van der Waals surface area contributed by atoms with E-state index in [1.807, 2.05) is 84.9 Å². The van der Waals surface area contributed by atoms with Crippen molar-refractivity contribution >= 4 is 50.0 Å². The van der Waals surface area contributed by atoms with Crippen molar-refractivity contribution in [1.82, 2.24) is 0 Å². The first-order chi connectivity index (χ1) is 14.7. The van der Waals surface area contributed by atoms with Crippen LogP contribution in [0.2, 0.25) is 5.02 Å². The Bertz CT molecular complexity index is 1270. The normalized spacial score (nSPS) is 11.3. The van der Waals surface area contributed by atoms with Crippen LogP contribution >= 0.6 is 27.5 Å². The molecule has 146 valence electrons. The molecule has 4 rings (SSSR count). The highest BCUT2D eigenvalue weighted by atomic mass is 79.9. The van der Waals surface area contributed by atoms with Gasteiger partial charge in [-0.2, -0.15) is 5.26 Å². The van der Waals surface area contributed by atoms with Crippen LogP contribution in [0.5, 0.6) is 5.75 Å². The molecular weight excluding hydrogens is 458 g/mol. The number of halogens is 2. The predicted octanol–water partition coefficient (Wildman–Crippen LogP) is 7.90. The lowest BCUT2D eigenvalue weighted by atomic mass is 9.98. The Morgan fingerprint density at radius 3 is 2.43 bits per heavy atom. The summed E-state index contributed by atoms with van der Waals surface area (Å²) in [5.74, 6) is 0.719. The number of hydrogen-bond acceptors (Lipinski definition) is 2. The van der Waals surface area contributed by atoms with Crippen LogP contribution < -0.4 is 4.74 Å². The van der Waals surface area contributed by atoms with Gasteiger partial charge < -0.3 is 4.74 Å². The molecule has 0 bridgehead atoms. The molecule has 0 spiro atoms. The molecule has 0 saturated heterocycles. The fraction of sp³-hybridized carbons (Fsp3) is 0.0385. The van der Waals surface area contributed by atoms with Crippen molar-refractivity contribution in [3.63, 3.8) is 0 Å². The van der Waals surface area contributed by atoms with Gasteiger partial charge in [0.2, 0.25) is 0 Å². The van der Waals surface area contributed by atoms with Gasteiger partial charge in [0.05, 0.1) is 11.6 Å². The van der Waals surface area contributed by atoms with Gasteiger partial charge in [-0.25, -0.2) is 0 Å².